The average molecular weight is 393 g/mol. The van der Waals surface area contributed by atoms with Gasteiger partial charge in [-0.2, -0.15) is 5.26 Å². The zero-order valence-electron chi connectivity index (χ0n) is 15.6. The fourth-order valence-corrected chi connectivity index (χ4v) is 3.52. The molecule has 0 aliphatic carbocycles. The highest BCUT2D eigenvalue weighted by atomic mass is 35.5. The first-order chi connectivity index (χ1) is 13.2. The largest absolute Gasteiger partial charge is 0.507 e. The van der Waals surface area contributed by atoms with E-state index in [0.717, 1.165) is 16.7 Å². The number of hydrogen-bond donors (Lipinski definition) is 1. The van der Waals surface area contributed by atoms with Crippen molar-refractivity contribution in [3.8, 4) is 17.5 Å². The SMILES string of the molecule is Cc1cc(C)c(-n2cc(C(=O)c3cc(Cl)ccc3O)cc(C#N)c2=O)c(C)c1. The number of aryl methyl sites for hydroxylation is 3. The topological polar surface area (TPSA) is 83.1 Å². The Labute approximate surface area is 167 Å². The lowest BCUT2D eigenvalue weighted by Gasteiger charge is -2.15. The van der Waals surface area contributed by atoms with E-state index in [1.165, 1.54) is 35.0 Å². The number of ketones is 1. The number of carbonyl (C=O) groups is 1. The van der Waals surface area contributed by atoms with Gasteiger partial charge in [-0.05, 0) is 56.2 Å². The van der Waals surface area contributed by atoms with Gasteiger partial charge in [0.15, 0.2) is 5.78 Å². The van der Waals surface area contributed by atoms with Crippen LogP contribution in [0.4, 0.5) is 0 Å². The Morgan fingerprint density at radius 2 is 1.75 bits per heavy atom. The fraction of sp³-hybridized carbons (Fsp3) is 0.136. The summed E-state index contributed by atoms with van der Waals surface area (Å²) in [6, 6.07) is 11.1. The first kappa shape index (κ1) is 19.4. The number of hydrogen-bond acceptors (Lipinski definition) is 4. The van der Waals surface area contributed by atoms with Crippen molar-refractivity contribution in [1.82, 2.24) is 4.57 Å². The van der Waals surface area contributed by atoms with Crippen LogP contribution in [0.3, 0.4) is 0 Å². The molecule has 1 aromatic heterocycles. The molecule has 0 spiro atoms. The standard InChI is InChI=1S/C22H17ClN2O3/c1-12-6-13(2)20(14(3)7-12)25-11-16(8-15(10-24)22(25)28)21(27)18-9-17(23)4-5-19(18)26/h4-9,11,26H,1-3H3. The number of aromatic hydroxyl groups is 1. The van der Waals surface area contributed by atoms with Crippen LogP contribution >= 0.6 is 11.6 Å². The van der Waals surface area contributed by atoms with Crippen molar-refractivity contribution in [3.05, 3.63) is 91.4 Å². The molecule has 0 saturated heterocycles. The molecule has 0 aliphatic heterocycles. The second-order valence-corrected chi connectivity index (χ2v) is 7.10. The molecule has 0 amide bonds. The van der Waals surface area contributed by atoms with Crippen molar-refractivity contribution in [2.75, 3.05) is 0 Å². The van der Waals surface area contributed by atoms with E-state index in [4.69, 9.17) is 11.6 Å². The van der Waals surface area contributed by atoms with E-state index in [1.54, 1.807) is 0 Å². The van der Waals surface area contributed by atoms with Crippen molar-refractivity contribution in [1.29, 1.82) is 5.26 Å². The van der Waals surface area contributed by atoms with Crippen molar-refractivity contribution in [3.63, 3.8) is 0 Å². The van der Waals surface area contributed by atoms with Gasteiger partial charge in [0, 0.05) is 16.8 Å². The highest BCUT2D eigenvalue weighted by Gasteiger charge is 2.19. The maximum atomic E-state index is 13.0. The first-order valence-corrected chi connectivity index (χ1v) is 8.89. The summed E-state index contributed by atoms with van der Waals surface area (Å²) >= 11 is 5.94. The highest BCUT2D eigenvalue weighted by molar-refractivity contribution is 6.31. The Hall–Kier alpha value is -3.36. The third-order valence-electron chi connectivity index (χ3n) is 4.48. The average Bonchev–Trinajstić information content (AvgIpc) is 2.63. The second-order valence-electron chi connectivity index (χ2n) is 6.67. The number of carbonyl (C=O) groups excluding carboxylic acids is 1. The van der Waals surface area contributed by atoms with Gasteiger partial charge in [-0.1, -0.05) is 29.3 Å². The molecule has 0 saturated carbocycles. The summed E-state index contributed by atoms with van der Waals surface area (Å²) in [5, 5.41) is 19.7. The van der Waals surface area contributed by atoms with Gasteiger partial charge in [-0.15, -0.1) is 0 Å². The monoisotopic (exact) mass is 392 g/mol. The molecule has 1 heterocycles. The maximum Gasteiger partial charge on any atom is 0.273 e. The summed E-state index contributed by atoms with van der Waals surface area (Å²) in [6.07, 6.45) is 1.40. The lowest BCUT2D eigenvalue weighted by molar-refractivity contribution is 0.103. The van der Waals surface area contributed by atoms with Crippen LogP contribution in [0.25, 0.3) is 5.69 Å². The van der Waals surface area contributed by atoms with E-state index >= 15 is 0 Å². The Bertz CT molecular complexity index is 1200. The minimum absolute atomic E-state index is 0.000983. The van der Waals surface area contributed by atoms with Crippen LogP contribution in [-0.2, 0) is 0 Å². The van der Waals surface area contributed by atoms with Crippen LogP contribution < -0.4 is 5.56 Å². The molecule has 1 N–H and O–H groups in total. The van der Waals surface area contributed by atoms with Crippen LogP contribution in [0.2, 0.25) is 5.02 Å². The number of halogens is 1. The molecular formula is C22H17ClN2O3. The fourth-order valence-electron chi connectivity index (χ4n) is 3.35. The number of nitrogens with zero attached hydrogens (tertiary/aromatic N) is 2. The number of phenols is 1. The summed E-state index contributed by atoms with van der Waals surface area (Å²) in [5.74, 6) is -0.763. The van der Waals surface area contributed by atoms with Gasteiger partial charge < -0.3 is 5.11 Å². The predicted molar refractivity (Wildman–Crippen MR) is 108 cm³/mol. The van der Waals surface area contributed by atoms with Gasteiger partial charge in [-0.25, -0.2) is 0 Å². The molecule has 5 nitrogen and oxygen atoms in total. The van der Waals surface area contributed by atoms with Crippen LogP contribution in [-0.4, -0.2) is 15.5 Å². The third-order valence-corrected chi connectivity index (χ3v) is 4.71. The first-order valence-electron chi connectivity index (χ1n) is 8.51. The Balaban J connectivity index is 2.28. The molecule has 3 aromatic rings. The van der Waals surface area contributed by atoms with Crippen molar-refractivity contribution in [2.45, 2.75) is 20.8 Å². The normalized spacial score (nSPS) is 10.5. The Kier molecular flexibility index (Phi) is 5.08. The number of benzene rings is 2. The van der Waals surface area contributed by atoms with E-state index in [2.05, 4.69) is 0 Å². The van der Waals surface area contributed by atoms with Crippen LogP contribution in [0.5, 0.6) is 5.75 Å². The Morgan fingerprint density at radius 3 is 2.36 bits per heavy atom. The summed E-state index contributed by atoms with van der Waals surface area (Å²) < 4.78 is 1.32. The van der Waals surface area contributed by atoms with Crippen LogP contribution in [0.1, 0.15) is 38.2 Å². The maximum absolute atomic E-state index is 13.0. The van der Waals surface area contributed by atoms with Crippen LogP contribution in [0, 0.1) is 32.1 Å². The quantitative estimate of drug-likeness (QED) is 0.676. The second kappa shape index (κ2) is 7.34. The molecule has 0 unspecified atom stereocenters. The summed E-state index contributed by atoms with van der Waals surface area (Å²) in [5.41, 5.74) is 2.79. The van der Waals surface area contributed by atoms with Gasteiger partial charge >= 0.3 is 0 Å². The number of aromatic nitrogens is 1. The van der Waals surface area contributed by atoms with Crippen molar-refractivity contribution >= 4 is 17.4 Å². The van der Waals surface area contributed by atoms with E-state index < -0.39 is 11.3 Å². The Morgan fingerprint density at radius 1 is 1.11 bits per heavy atom. The molecule has 2 aromatic carbocycles. The summed E-state index contributed by atoms with van der Waals surface area (Å²) in [4.78, 5) is 25.7. The van der Waals surface area contributed by atoms with Crippen LogP contribution in [0.15, 0.2) is 47.4 Å². The summed E-state index contributed by atoms with van der Waals surface area (Å²) in [6.45, 7) is 5.69. The minimum Gasteiger partial charge on any atom is -0.507 e. The molecule has 0 radical (unpaired) electrons. The predicted octanol–water partition coefficient (Wildman–Crippen LogP) is 4.22. The van der Waals surface area contributed by atoms with E-state index in [9.17, 15) is 20.0 Å². The highest BCUT2D eigenvalue weighted by Crippen LogP contribution is 2.25. The molecule has 0 fully saturated rings. The van der Waals surface area contributed by atoms with Crippen molar-refractivity contribution < 1.29 is 9.90 Å². The van der Waals surface area contributed by atoms with Gasteiger partial charge in [0.2, 0.25) is 0 Å². The zero-order chi connectivity index (χ0) is 20.6. The summed E-state index contributed by atoms with van der Waals surface area (Å²) in [7, 11) is 0. The van der Waals surface area contributed by atoms with Crippen molar-refractivity contribution in [2.24, 2.45) is 0 Å². The molecule has 0 bridgehead atoms. The van der Waals surface area contributed by atoms with Gasteiger partial charge in [0.05, 0.1) is 11.3 Å². The number of nitriles is 1. The molecule has 6 heteroatoms. The number of rotatable bonds is 3. The van der Waals surface area contributed by atoms with E-state index in [0.29, 0.717) is 10.7 Å². The molecule has 3 rings (SSSR count). The molecule has 140 valence electrons. The molecule has 28 heavy (non-hydrogen) atoms. The third kappa shape index (κ3) is 3.42. The van der Waals surface area contributed by atoms with Gasteiger partial charge in [0.25, 0.3) is 5.56 Å². The van der Waals surface area contributed by atoms with E-state index in [-0.39, 0.29) is 22.4 Å². The molecular weight excluding hydrogens is 376 g/mol. The lowest BCUT2D eigenvalue weighted by Crippen LogP contribution is -2.24. The number of phenolic OH excluding ortho intramolecular Hbond substituents is 1. The minimum atomic E-state index is -0.535. The number of pyridine rings is 1. The molecule has 0 aliphatic rings. The van der Waals surface area contributed by atoms with E-state index in [1.807, 2.05) is 39.0 Å². The molecule has 0 atom stereocenters. The lowest BCUT2D eigenvalue weighted by atomic mass is 10.0. The smallest absolute Gasteiger partial charge is 0.273 e. The van der Waals surface area contributed by atoms with Gasteiger partial charge in [0.1, 0.15) is 17.4 Å². The van der Waals surface area contributed by atoms with Gasteiger partial charge in [-0.3, -0.25) is 14.2 Å². The zero-order valence-corrected chi connectivity index (χ0v) is 16.3.